The Morgan fingerprint density at radius 3 is 3.00 bits per heavy atom. The van der Waals surface area contributed by atoms with Gasteiger partial charge in [0.2, 0.25) is 0 Å². The van der Waals surface area contributed by atoms with Crippen molar-refractivity contribution in [1.82, 2.24) is 9.88 Å². The Morgan fingerprint density at radius 2 is 2.24 bits per heavy atom. The van der Waals surface area contributed by atoms with Crippen LogP contribution < -0.4 is 10.1 Å². The summed E-state index contributed by atoms with van der Waals surface area (Å²) >= 11 is 0. The molecule has 2 aromatic rings. The number of benzene rings is 1. The highest BCUT2D eigenvalue weighted by atomic mass is 16.5. The first-order valence-electron chi connectivity index (χ1n) is 8.85. The van der Waals surface area contributed by atoms with Crippen molar-refractivity contribution in [2.45, 2.75) is 19.4 Å². The normalized spacial score (nSPS) is 18.9. The van der Waals surface area contributed by atoms with Gasteiger partial charge in [0.05, 0.1) is 13.2 Å². The molecule has 0 bridgehead atoms. The molecule has 0 spiro atoms. The molecular weight excluding hydrogens is 314 g/mol. The first kappa shape index (κ1) is 17.7. The minimum Gasteiger partial charge on any atom is -0.496 e. The molecule has 1 saturated heterocycles. The van der Waals surface area contributed by atoms with Crippen LogP contribution in [0.3, 0.4) is 0 Å². The Balaban J connectivity index is 1.52. The Morgan fingerprint density at radius 1 is 1.36 bits per heavy atom. The molecule has 0 aliphatic carbocycles. The van der Waals surface area contributed by atoms with Gasteiger partial charge in [-0.05, 0) is 50.1 Å². The summed E-state index contributed by atoms with van der Waals surface area (Å²) in [5, 5.41) is 14.1. The molecule has 0 radical (unpaired) electrons. The first-order valence-corrected chi connectivity index (χ1v) is 8.85. The molecule has 1 fully saturated rings. The van der Waals surface area contributed by atoms with Gasteiger partial charge in [-0.1, -0.05) is 17.7 Å². The third-order valence-electron chi connectivity index (χ3n) is 4.78. The molecule has 0 saturated carbocycles. The highest BCUT2D eigenvalue weighted by molar-refractivity contribution is 5.38. The number of hydrogen-bond acceptors (Lipinski definition) is 5. The van der Waals surface area contributed by atoms with Gasteiger partial charge in [0.1, 0.15) is 11.6 Å². The smallest absolute Gasteiger partial charge is 0.125 e. The highest BCUT2D eigenvalue weighted by Gasteiger charge is 2.25. The number of aromatic nitrogens is 1. The molecule has 3 rings (SSSR count). The summed E-state index contributed by atoms with van der Waals surface area (Å²) in [4.78, 5) is 6.63. The summed E-state index contributed by atoms with van der Waals surface area (Å²) in [6.07, 6.45) is 2.41. The van der Waals surface area contributed by atoms with Crippen molar-refractivity contribution < 1.29 is 9.84 Å². The summed E-state index contributed by atoms with van der Waals surface area (Å²) in [5.41, 5.74) is 2.01. The monoisotopic (exact) mass is 341 g/mol. The van der Waals surface area contributed by atoms with Gasteiger partial charge in [-0.3, -0.25) is 0 Å². The van der Waals surface area contributed by atoms with E-state index in [4.69, 9.17) is 4.74 Å². The van der Waals surface area contributed by atoms with Crippen molar-refractivity contribution in [2.75, 3.05) is 38.6 Å². The molecule has 1 aromatic heterocycles. The van der Waals surface area contributed by atoms with Gasteiger partial charge in [-0.2, -0.15) is 0 Å². The Bertz CT molecular complexity index is 678. The Labute approximate surface area is 149 Å². The number of nitrogens with zero attached hydrogens (tertiary/aromatic N) is 2. The molecule has 0 amide bonds. The van der Waals surface area contributed by atoms with E-state index in [1.165, 1.54) is 0 Å². The van der Waals surface area contributed by atoms with Gasteiger partial charge in [-0.25, -0.2) is 4.98 Å². The van der Waals surface area contributed by atoms with Gasteiger partial charge < -0.3 is 20.1 Å². The number of rotatable bonds is 7. The number of aliphatic hydroxyl groups is 1. The number of pyridine rings is 1. The molecule has 2 heterocycles. The minimum atomic E-state index is -0.530. The molecule has 1 aromatic carbocycles. The summed E-state index contributed by atoms with van der Waals surface area (Å²) in [5.74, 6) is 2.25. The van der Waals surface area contributed by atoms with Crippen molar-refractivity contribution in [3.63, 3.8) is 0 Å². The molecular formula is C20H27N3O2. The van der Waals surface area contributed by atoms with Crippen LogP contribution in [-0.4, -0.2) is 48.3 Å². The van der Waals surface area contributed by atoms with E-state index in [1.807, 2.05) is 43.3 Å². The topological polar surface area (TPSA) is 57.6 Å². The maximum Gasteiger partial charge on any atom is 0.125 e. The van der Waals surface area contributed by atoms with Gasteiger partial charge in [-0.15, -0.1) is 0 Å². The predicted molar refractivity (Wildman–Crippen MR) is 100.0 cm³/mol. The van der Waals surface area contributed by atoms with Crippen molar-refractivity contribution in [2.24, 2.45) is 5.92 Å². The number of hydrogen-bond donors (Lipinski definition) is 2. The van der Waals surface area contributed by atoms with Crippen LogP contribution in [0.25, 0.3) is 0 Å². The van der Waals surface area contributed by atoms with Crippen molar-refractivity contribution in [3.8, 4) is 5.75 Å². The molecule has 5 heteroatoms. The Kier molecular flexibility index (Phi) is 5.89. The Hall–Kier alpha value is -2.11. The van der Waals surface area contributed by atoms with Crippen LogP contribution in [0.4, 0.5) is 5.82 Å². The molecule has 1 aliphatic heterocycles. The molecule has 5 nitrogen and oxygen atoms in total. The van der Waals surface area contributed by atoms with E-state index in [-0.39, 0.29) is 0 Å². The van der Waals surface area contributed by atoms with E-state index < -0.39 is 6.10 Å². The summed E-state index contributed by atoms with van der Waals surface area (Å²) < 4.78 is 5.40. The fraction of sp³-hybridized carbons (Fsp3) is 0.450. The van der Waals surface area contributed by atoms with Crippen molar-refractivity contribution in [3.05, 3.63) is 53.7 Å². The second kappa shape index (κ2) is 8.32. The number of likely N-dealkylation sites (tertiary alicyclic amines) is 1. The zero-order valence-electron chi connectivity index (χ0n) is 15.0. The van der Waals surface area contributed by atoms with Crippen LogP contribution in [-0.2, 0) is 0 Å². The zero-order valence-corrected chi connectivity index (χ0v) is 15.0. The minimum absolute atomic E-state index is 0.530. The SMILES string of the molecule is COc1ccc(C)cc1[C@H](O)CN1CC[C@H](CNc2ccccn2)C1. The lowest BCUT2D eigenvalue weighted by Crippen LogP contribution is -2.28. The van der Waals surface area contributed by atoms with Crippen LogP contribution in [0.2, 0.25) is 0 Å². The standard InChI is InChI=1S/C20H27N3O2/c1-15-6-7-19(25-2)17(11-15)18(24)14-23-10-8-16(13-23)12-22-20-5-3-4-9-21-20/h3-7,9,11,16,18,24H,8,10,12-14H2,1-2H3,(H,21,22)/t16-,18-/m1/s1. The summed E-state index contributed by atoms with van der Waals surface area (Å²) in [6.45, 7) is 5.59. The summed E-state index contributed by atoms with van der Waals surface area (Å²) in [7, 11) is 1.65. The number of aryl methyl sites for hydroxylation is 1. The van der Waals surface area contributed by atoms with E-state index in [9.17, 15) is 5.11 Å². The molecule has 134 valence electrons. The molecule has 2 atom stereocenters. The van der Waals surface area contributed by atoms with E-state index in [0.717, 1.165) is 48.7 Å². The van der Waals surface area contributed by atoms with Crippen LogP contribution in [0.15, 0.2) is 42.6 Å². The van der Waals surface area contributed by atoms with Crippen LogP contribution >= 0.6 is 0 Å². The number of β-amino-alcohol motifs (C(OH)–C–C–N with tert-alkyl or cyclic N) is 1. The molecule has 25 heavy (non-hydrogen) atoms. The highest BCUT2D eigenvalue weighted by Crippen LogP contribution is 2.28. The molecule has 1 aliphatic rings. The molecule has 0 unspecified atom stereocenters. The second-order valence-corrected chi connectivity index (χ2v) is 6.77. The number of methoxy groups -OCH3 is 1. The lowest BCUT2D eigenvalue weighted by atomic mass is 10.0. The second-order valence-electron chi connectivity index (χ2n) is 6.77. The van der Waals surface area contributed by atoms with Crippen molar-refractivity contribution >= 4 is 5.82 Å². The number of aliphatic hydroxyl groups excluding tert-OH is 1. The lowest BCUT2D eigenvalue weighted by molar-refractivity contribution is 0.121. The maximum absolute atomic E-state index is 10.7. The van der Waals surface area contributed by atoms with E-state index in [0.29, 0.717) is 12.5 Å². The van der Waals surface area contributed by atoms with Crippen molar-refractivity contribution in [1.29, 1.82) is 0 Å². The van der Waals surface area contributed by atoms with Gasteiger partial charge >= 0.3 is 0 Å². The third kappa shape index (κ3) is 4.71. The van der Waals surface area contributed by atoms with Crippen LogP contribution in [0.1, 0.15) is 23.7 Å². The predicted octanol–water partition coefficient (Wildman–Crippen LogP) is 2.87. The van der Waals surface area contributed by atoms with E-state index in [1.54, 1.807) is 13.3 Å². The lowest BCUT2D eigenvalue weighted by Gasteiger charge is -2.22. The number of anilines is 1. The van der Waals surface area contributed by atoms with Gasteiger partial charge in [0.25, 0.3) is 0 Å². The van der Waals surface area contributed by atoms with Gasteiger partial charge in [0, 0.05) is 31.4 Å². The fourth-order valence-electron chi connectivity index (χ4n) is 3.42. The zero-order chi connectivity index (χ0) is 17.6. The van der Waals surface area contributed by atoms with E-state index in [2.05, 4.69) is 15.2 Å². The average molecular weight is 341 g/mol. The quantitative estimate of drug-likeness (QED) is 0.811. The van der Waals surface area contributed by atoms with Crippen LogP contribution in [0.5, 0.6) is 5.75 Å². The number of nitrogens with one attached hydrogen (secondary N) is 1. The maximum atomic E-state index is 10.7. The summed E-state index contributed by atoms with van der Waals surface area (Å²) in [6, 6.07) is 11.8. The van der Waals surface area contributed by atoms with E-state index >= 15 is 0 Å². The fourth-order valence-corrected chi connectivity index (χ4v) is 3.42. The first-order chi connectivity index (χ1) is 12.2. The number of ether oxygens (including phenoxy) is 1. The average Bonchev–Trinajstić information content (AvgIpc) is 3.08. The van der Waals surface area contributed by atoms with Crippen LogP contribution in [0, 0.1) is 12.8 Å². The van der Waals surface area contributed by atoms with Gasteiger partial charge in [0.15, 0.2) is 0 Å². The molecule has 2 N–H and O–H groups in total. The largest absolute Gasteiger partial charge is 0.496 e. The third-order valence-corrected chi connectivity index (χ3v) is 4.78.